The molecule has 0 aromatic rings. The lowest BCUT2D eigenvalue weighted by atomic mass is 9.97. The molecule has 0 spiro atoms. The lowest BCUT2D eigenvalue weighted by Crippen LogP contribution is -2.29. The van der Waals surface area contributed by atoms with Crippen molar-refractivity contribution in [3.05, 3.63) is 0 Å². The molecule has 0 heterocycles. The average molecular weight is 202 g/mol. The highest BCUT2D eigenvalue weighted by molar-refractivity contribution is 8.00. The quantitative estimate of drug-likeness (QED) is 0.759. The Labute approximate surface area is 86.3 Å². The van der Waals surface area contributed by atoms with Crippen molar-refractivity contribution in [2.75, 3.05) is 0 Å². The Morgan fingerprint density at radius 2 is 1.77 bits per heavy atom. The molecular weight excluding hydrogens is 180 g/mol. The van der Waals surface area contributed by atoms with E-state index in [-0.39, 0.29) is 6.10 Å². The maximum atomic E-state index is 9.78. The molecule has 0 radical (unpaired) electrons. The van der Waals surface area contributed by atoms with Crippen molar-refractivity contribution < 1.29 is 5.11 Å². The van der Waals surface area contributed by atoms with E-state index in [1.54, 1.807) is 0 Å². The van der Waals surface area contributed by atoms with Crippen LogP contribution in [-0.2, 0) is 0 Å². The molecule has 0 saturated heterocycles. The summed E-state index contributed by atoms with van der Waals surface area (Å²) >= 11 is 1.99. The van der Waals surface area contributed by atoms with Gasteiger partial charge < -0.3 is 5.11 Å². The number of rotatable bonds is 3. The van der Waals surface area contributed by atoms with E-state index >= 15 is 0 Å². The van der Waals surface area contributed by atoms with E-state index in [0.29, 0.717) is 10.5 Å². The molecule has 0 aliphatic heterocycles. The fourth-order valence-corrected chi connectivity index (χ4v) is 3.15. The van der Waals surface area contributed by atoms with Crippen molar-refractivity contribution in [2.24, 2.45) is 5.92 Å². The molecule has 1 unspecified atom stereocenters. The number of hydrogen-bond acceptors (Lipinski definition) is 2. The first kappa shape index (κ1) is 11.4. The summed E-state index contributed by atoms with van der Waals surface area (Å²) in [5, 5.41) is 11.0. The molecule has 3 atom stereocenters. The van der Waals surface area contributed by atoms with Crippen molar-refractivity contribution in [1.29, 1.82) is 0 Å². The first-order valence-electron chi connectivity index (χ1n) is 5.44. The predicted octanol–water partition coefficient (Wildman–Crippen LogP) is 3.07. The van der Waals surface area contributed by atoms with Gasteiger partial charge in [-0.3, -0.25) is 0 Å². The second-order valence-corrected chi connectivity index (χ2v) is 6.10. The molecule has 0 bridgehead atoms. The van der Waals surface area contributed by atoms with Gasteiger partial charge in [0.05, 0.1) is 6.10 Å². The third-order valence-electron chi connectivity index (χ3n) is 3.00. The Bertz CT molecular complexity index is 147. The van der Waals surface area contributed by atoms with Crippen molar-refractivity contribution >= 4 is 11.8 Å². The molecule has 13 heavy (non-hydrogen) atoms. The van der Waals surface area contributed by atoms with E-state index in [9.17, 15) is 5.11 Å². The van der Waals surface area contributed by atoms with Crippen molar-refractivity contribution in [1.82, 2.24) is 0 Å². The predicted molar refractivity (Wildman–Crippen MR) is 60.2 cm³/mol. The van der Waals surface area contributed by atoms with Crippen LogP contribution in [0, 0.1) is 5.92 Å². The first-order valence-corrected chi connectivity index (χ1v) is 6.39. The molecule has 1 aliphatic carbocycles. The van der Waals surface area contributed by atoms with Gasteiger partial charge >= 0.3 is 0 Å². The fraction of sp³-hybridized carbons (Fsp3) is 1.00. The Morgan fingerprint density at radius 1 is 1.15 bits per heavy atom. The van der Waals surface area contributed by atoms with Crippen LogP contribution >= 0.6 is 11.8 Å². The lowest BCUT2D eigenvalue weighted by molar-refractivity contribution is 0.136. The average Bonchev–Trinajstić information content (AvgIpc) is 2.08. The van der Waals surface area contributed by atoms with Crippen LogP contribution in [0.4, 0.5) is 0 Å². The van der Waals surface area contributed by atoms with Crippen LogP contribution in [0.5, 0.6) is 0 Å². The standard InChI is InChI=1S/C11H22OS/c1-8(2)9(3)13-11-7-5-4-6-10(11)12/h8-12H,4-7H2,1-3H3/t9?,10-,11-/m0/s1. The SMILES string of the molecule is CC(C)C(C)S[C@H]1CCCC[C@@H]1O. The molecule has 78 valence electrons. The molecule has 1 fully saturated rings. The molecule has 2 heteroatoms. The van der Waals surface area contributed by atoms with Crippen LogP contribution in [0.3, 0.4) is 0 Å². The van der Waals surface area contributed by atoms with E-state index in [1.165, 1.54) is 19.3 Å². The zero-order valence-corrected chi connectivity index (χ0v) is 9.81. The second kappa shape index (κ2) is 5.26. The van der Waals surface area contributed by atoms with E-state index < -0.39 is 0 Å². The summed E-state index contributed by atoms with van der Waals surface area (Å²) < 4.78 is 0. The van der Waals surface area contributed by atoms with E-state index in [1.807, 2.05) is 11.8 Å². The monoisotopic (exact) mass is 202 g/mol. The topological polar surface area (TPSA) is 20.2 Å². The highest BCUT2D eigenvalue weighted by atomic mass is 32.2. The Kier molecular flexibility index (Phi) is 4.60. The van der Waals surface area contributed by atoms with Crippen molar-refractivity contribution in [2.45, 2.75) is 63.1 Å². The third kappa shape index (κ3) is 3.51. The first-order chi connectivity index (χ1) is 6.11. The zero-order chi connectivity index (χ0) is 9.84. The maximum absolute atomic E-state index is 9.78. The van der Waals surface area contributed by atoms with Gasteiger partial charge in [0.25, 0.3) is 0 Å². The molecular formula is C11H22OS. The van der Waals surface area contributed by atoms with Gasteiger partial charge in [-0.2, -0.15) is 11.8 Å². The fourth-order valence-electron chi connectivity index (χ4n) is 1.67. The number of hydrogen-bond donors (Lipinski definition) is 1. The summed E-state index contributed by atoms with van der Waals surface area (Å²) in [4.78, 5) is 0. The maximum Gasteiger partial charge on any atom is 0.0658 e. The molecule has 1 saturated carbocycles. The minimum Gasteiger partial charge on any atom is -0.392 e. The van der Waals surface area contributed by atoms with Gasteiger partial charge in [0.2, 0.25) is 0 Å². The summed E-state index contributed by atoms with van der Waals surface area (Å²) in [5.41, 5.74) is 0. The summed E-state index contributed by atoms with van der Waals surface area (Å²) in [6, 6.07) is 0. The molecule has 1 nitrogen and oxygen atoms in total. The highest BCUT2D eigenvalue weighted by Crippen LogP contribution is 2.33. The summed E-state index contributed by atoms with van der Waals surface area (Å²) in [6.45, 7) is 6.79. The Morgan fingerprint density at radius 3 is 2.31 bits per heavy atom. The molecule has 0 aromatic carbocycles. The van der Waals surface area contributed by atoms with E-state index in [2.05, 4.69) is 20.8 Å². The van der Waals surface area contributed by atoms with E-state index in [4.69, 9.17) is 0 Å². The van der Waals surface area contributed by atoms with Crippen LogP contribution in [0.1, 0.15) is 46.5 Å². The third-order valence-corrected chi connectivity index (χ3v) is 4.87. The molecule has 0 aromatic heterocycles. The highest BCUT2D eigenvalue weighted by Gasteiger charge is 2.25. The van der Waals surface area contributed by atoms with Crippen molar-refractivity contribution in [3.8, 4) is 0 Å². The number of thioether (sulfide) groups is 1. The molecule has 1 aliphatic rings. The van der Waals surface area contributed by atoms with Gasteiger partial charge in [0, 0.05) is 10.5 Å². The van der Waals surface area contributed by atoms with Crippen LogP contribution in [0.25, 0.3) is 0 Å². The normalized spacial score (nSPS) is 32.1. The van der Waals surface area contributed by atoms with Crippen LogP contribution in [-0.4, -0.2) is 21.7 Å². The molecule has 0 amide bonds. The zero-order valence-electron chi connectivity index (χ0n) is 8.99. The van der Waals surface area contributed by atoms with Gasteiger partial charge in [0.15, 0.2) is 0 Å². The minimum atomic E-state index is -0.0417. The van der Waals surface area contributed by atoms with Gasteiger partial charge in [-0.05, 0) is 18.8 Å². The van der Waals surface area contributed by atoms with Crippen LogP contribution in [0.15, 0.2) is 0 Å². The van der Waals surface area contributed by atoms with Gasteiger partial charge in [-0.1, -0.05) is 33.6 Å². The van der Waals surface area contributed by atoms with Crippen LogP contribution in [0.2, 0.25) is 0 Å². The van der Waals surface area contributed by atoms with E-state index in [0.717, 1.165) is 12.3 Å². The Hall–Kier alpha value is 0.310. The molecule has 1 N–H and O–H groups in total. The second-order valence-electron chi connectivity index (χ2n) is 4.48. The summed E-state index contributed by atoms with van der Waals surface area (Å²) in [7, 11) is 0. The number of aliphatic hydroxyl groups is 1. The van der Waals surface area contributed by atoms with Gasteiger partial charge in [-0.15, -0.1) is 0 Å². The Balaban J connectivity index is 2.33. The smallest absolute Gasteiger partial charge is 0.0658 e. The van der Waals surface area contributed by atoms with Gasteiger partial charge in [-0.25, -0.2) is 0 Å². The van der Waals surface area contributed by atoms with Crippen LogP contribution < -0.4 is 0 Å². The van der Waals surface area contributed by atoms with Crippen molar-refractivity contribution in [3.63, 3.8) is 0 Å². The lowest BCUT2D eigenvalue weighted by Gasteiger charge is -2.30. The minimum absolute atomic E-state index is 0.0417. The largest absolute Gasteiger partial charge is 0.392 e. The summed E-state index contributed by atoms with van der Waals surface area (Å²) in [6.07, 6.45) is 4.71. The molecule has 1 rings (SSSR count). The number of aliphatic hydroxyl groups excluding tert-OH is 1. The van der Waals surface area contributed by atoms with Gasteiger partial charge in [0.1, 0.15) is 0 Å². The summed E-state index contributed by atoms with van der Waals surface area (Å²) in [5.74, 6) is 0.721.